The predicted octanol–water partition coefficient (Wildman–Crippen LogP) is 0.521. The van der Waals surface area contributed by atoms with Gasteiger partial charge in [-0.2, -0.15) is 0 Å². The fourth-order valence-corrected chi connectivity index (χ4v) is 1.32. The van der Waals surface area contributed by atoms with Crippen LogP contribution in [0.5, 0.6) is 0 Å². The monoisotopic (exact) mass is 176 g/mol. The molecule has 0 aliphatic rings. The molecular formula is C9H12N4. The van der Waals surface area contributed by atoms with Crippen LogP contribution in [0.1, 0.15) is 11.6 Å². The minimum Gasteiger partial charge on any atom is -0.345 e. The third-order valence-corrected chi connectivity index (χ3v) is 2.13. The first-order valence-corrected chi connectivity index (χ1v) is 4.20. The van der Waals surface area contributed by atoms with E-state index in [1.165, 1.54) is 0 Å². The molecule has 1 unspecified atom stereocenters. The van der Waals surface area contributed by atoms with Gasteiger partial charge in [0.25, 0.3) is 0 Å². The van der Waals surface area contributed by atoms with E-state index in [-0.39, 0.29) is 6.04 Å². The van der Waals surface area contributed by atoms with Crippen molar-refractivity contribution in [3.8, 4) is 0 Å². The van der Waals surface area contributed by atoms with Crippen LogP contribution < -0.4 is 11.5 Å². The predicted molar refractivity (Wildman–Crippen MR) is 52.1 cm³/mol. The van der Waals surface area contributed by atoms with Crippen molar-refractivity contribution >= 4 is 11.0 Å². The first-order chi connectivity index (χ1) is 6.31. The second kappa shape index (κ2) is 3.16. The van der Waals surface area contributed by atoms with Crippen molar-refractivity contribution < 1.29 is 0 Å². The van der Waals surface area contributed by atoms with E-state index < -0.39 is 0 Å². The average molecular weight is 176 g/mol. The molecule has 2 rings (SSSR count). The minimum absolute atomic E-state index is 0.0901. The molecule has 68 valence electrons. The van der Waals surface area contributed by atoms with Crippen LogP contribution in [0.3, 0.4) is 0 Å². The highest BCUT2D eigenvalue weighted by Crippen LogP contribution is 2.15. The number of imidazole rings is 1. The fourth-order valence-electron chi connectivity index (χ4n) is 1.32. The SMILES string of the molecule is NCC(N)c1ccc2nc[nH]c2c1. The number of aromatic nitrogens is 2. The number of fused-ring (bicyclic) bond motifs is 1. The number of nitrogens with zero attached hydrogens (tertiary/aromatic N) is 1. The summed E-state index contributed by atoms with van der Waals surface area (Å²) in [5.41, 5.74) is 14.3. The number of rotatable bonds is 2. The van der Waals surface area contributed by atoms with E-state index in [1.54, 1.807) is 6.33 Å². The smallest absolute Gasteiger partial charge is 0.0931 e. The summed E-state index contributed by atoms with van der Waals surface area (Å²) in [4.78, 5) is 7.15. The summed E-state index contributed by atoms with van der Waals surface area (Å²) in [7, 11) is 0. The molecule has 0 spiro atoms. The first kappa shape index (κ1) is 8.22. The summed E-state index contributed by atoms with van der Waals surface area (Å²) in [6.45, 7) is 0.458. The maximum atomic E-state index is 5.79. The highest BCUT2D eigenvalue weighted by Gasteiger charge is 2.04. The van der Waals surface area contributed by atoms with E-state index in [4.69, 9.17) is 11.5 Å². The molecule has 0 saturated carbocycles. The van der Waals surface area contributed by atoms with Crippen LogP contribution in [0.15, 0.2) is 24.5 Å². The topological polar surface area (TPSA) is 80.7 Å². The number of benzene rings is 1. The Morgan fingerprint density at radius 2 is 2.31 bits per heavy atom. The van der Waals surface area contributed by atoms with Crippen LogP contribution in [-0.2, 0) is 0 Å². The normalized spacial score (nSPS) is 13.4. The van der Waals surface area contributed by atoms with E-state index in [1.807, 2.05) is 18.2 Å². The summed E-state index contributed by atoms with van der Waals surface area (Å²) in [5.74, 6) is 0. The molecule has 1 aromatic carbocycles. The molecule has 0 aliphatic carbocycles. The molecular weight excluding hydrogens is 164 g/mol. The largest absolute Gasteiger partial charge is 0.345 e. The van der Waals surface area contributed by atoms with Gasteiger partial charge in [-0.25, -0.2) is 4.98 Å². The molecule has 0 amide bonds. The molecule has 2 aromatic rings. The zero-order valence-corrected chi connectivity index (χ0v) is 7.20. The lowest BCUT2D eigenvalue weighted by Crippen LogP contribution is -2.20. The van der Waals surface area contributed by atoms with Crippen LogP contribution in [-0.4, -0.2) is 16.5 Å². The highest BCUT2D eigenvalue weighted by molar-refractivity contribution is 5.75. The Bertz CT molecular complexity index is 407. The molecule has 1 heterocycles. The van der Waals surface area contributed by atoms with Crippen molar-refractivity contribution in [1.82, 2.24) is 9.97 Å². The standard InChI is InChI=1S/C9H12N4/c10-4-7(11)6-1-2-8-9(3-6)13-5-12-8/h1-3,5,7H,4,10-11H2,(H,12,13). The summed E-state index contributed by atoms with van der Waals surface area (Å²) in [6, 6.07) is 5.80. The van der Waals surface area contributed by atoms with Gasteiger partial charge in [0.15, 0.2) is 0 Å². The third-order valence-electron chi connectivity index (χ3n) is 2.13. The Hall–Kier alpha value is -1.39. The number of H-pyrrole nitrogens is 1. The van der Waals surface area contributed by atoms with E-state index >= 15 is 0 Å². The fraction of sp³-hybridized carbons (Fsp3) is 0.222. The van der Waals surface area contributed by atoms with Gasteiger partial charge in [0, 0.05) is 12.6 Å². The van der Waals surface area contributed by atoms with Crippen LogP contribution in [0.4, 0.5) is 0 Å². The molecule has 0 saturated heterocycles. The van der Waals surface area contributed by atoms with Crippen molar-refractivity contribution in [2.75, 3.05) is 6.54 Å². The number of aromatic amines is 1. The molecule has 0 fully saturated rings. The van der Waals surface area contributed by atoms with Crippen LogP contribution >= 0.6 is 0 Å². The van der Waals surface area contributed by atoms with Gasteiger partial charge in [-0.3, -0.25) is 0 Å². The number of hydrogen-bond acceptors (Lipinski definition) is 3. The van der Waals surface area contributed by atoms with Gasteiger partial charge in [0.05, 0.1) is 17.4 Å². The van der Waals surface area contributed by atoms with Gasteiger partial charge in [0.2, 0.25) is 0 Å². The molecule has 4 heteroatoms. The van der Waals surface area contributed by atoms with E-state index in [9.17, 15) is 0 Å². The van der Waals surface area contributed by atoms with Crippen LogP contribution in [0.2, 0.25) is 0 Å². The Kier molecular flexibility index (Phi) is 2.00. The second-order valence-electron chi connectivity index (χ2n) is 3.02. The summed E-state index contributed by atoms with van der Waals surface area (Å²) < 4.78 is 0. The lowest BCUT2D eigenvalue weighted by Gasteiger charge is -2.07. The lowest BCUT2D eigenvalue weighted by molar-refractivity contribution is 0.738. The summed E-state index contributed by atoms with van der Waals surface area (Å²) in [6.07, 6.45) is 1.67. The number of nitrogens with two attached hydrogens (primary N) is 2. The molecule has 5 N–H and O–H groups in total. The molecule has 0 radical (unpaired) electrons. The Labute approximate surface area is 76.0 Å². The van der Waals surface area contributed by atoms with Crippen molar-refractivity contribution in [2.45, 2.75) is 6.04 Å². The van der Waals surface area contributed by atoms with E-state index in [2.05, 4.69) is 9.97 Å². The first-order valence-electron chi connectivity index (χ1n) is 4.20. The molecule has 0 aliphatic heterocycles. The van der Waals surface area contributed by atoms with Gasteiger partial charge < -0.3 is 16.5 Å². The molecule has 0 bridgehead atoms. The van der Waals surface area contributed by atoms with Crippen LogP contribution in [0.25, 0.3) is 11.0 Å². The Balaban J connectivity index is 2.48. The lowest BCUT2D eigenvalue weighted by atomic mass is 10.1. The van der Waals surface area contributed by atoms with Gasteiger partial charge in [0.1, 0.15) is 0 Å². The molecule has 1 atom stereocenters. The zero-order chi connectivity index (χ0) is 9.26. The minimum atomic E-state index is -0.0901. The quantitative estimate of drug-likeness (QED) is 0.624. The zero-order valence-electron chi connectivity index (χ0n) is 7.20. The maximum absolute atomic E-state index is 5.79. The second-order valence-corrected chi connectivity index (χ2v) is 3.02. The summed E-state index contributed by atoms with van der Waals surface area (Å²) in [5, 5.41) is 0. The van der Waals surface area contributed by atoms with Gasteiger partial charge in [-0.05, 0) is 17.7 Å². The maximum Gasteiger partial charge on any atom is 0.0931 e. The van der Waals surface area contributed by atoms with Gasteiger partial charge in [-0.15, -0.1) is 0 Å². The van der Waals surface area contributed by atoms with Crippen molar-refractivity contribution in [3.05, 3.63) is 30.1 Å². The van der Waals surface area contributed by atoms with E-state index in [0.29, 0.717) is 6.54 Å². The van der Waals surface area contributed by atoms with Crippen molar-refractivity contribution in [2.24, 2.45) is 11.5 Å². The highest BCUT2D eigenvalue weighted by atomic mass is 14.9. The van der Waals surface area contributed by atoms with Crippen LogP contribution in [0, 0.1) is 0 Å². The third kappa shape index (κ3) is 1.41. The number of nitrogens with one attached hydrogen (secondary N) is 1. The molecule has 13 heavy (non-hydrogen) atoms. The van der Waals surface area contributed by atoms with E-state index in [0.717, 1.165) is 16.6 Å². The Morgan fingerprint density at radius 1 is 1.46 bits per heavy atom. The van der Waals surface area contributed by atoms with Gasteiger partial charge in [-0.1, -0.05) is 6.07 Å². The van der Waals surface area contributed by atoms with Gasteiger partial charge >= 0.3 is 0 Å². The number of hydrogen-bond donors (Lipinski definition) is 3. The van der Waals surface area contributed by atoms with Crippen molar-refractivity contribution in [1.29, 1.82) is 0 Å². The van der Waals surface area contributed by atoms with Crippen molar-refractivity contribution in [3.63, 3.8) is 0 Å². The Morgan fingerprint density at radius 3 is 3.08 bits per heavy atom. The average Bonchev–Trinajstić information content (AvgIpc) is 2.63. The summed E-state index contributed by atoms with van der Waals surface area (Å²) >= 11 is 0. The molecule has 4 nitrogen and oxygen atoms in total. The molecule has 1 aromatic heterocycles.